The van der Waals surface area contributed by atoms with Crippen LogP contribution in [0, 0.1) is 6.92 Å². The number of nitrogens with zero attached hydrogens (tertiary/aromatic N) is 6. The van der Waals surface area contributed by atoms with Gasteiger partial charge in [0.15, 0.2) is 5.65 Å². The van der Waals surface area contributed by atoms with Crippen LogP contribution < -0.4 is 10.1 Å². The molecule has 0 aliphatic carbocycles. The van der Waals surface area contributed by atoms with Crippen molar-refractivity contribution in [1.29, 1.82) is 0 Å². The summed E-state index contributed by atoms with van der Waals surface area (Å²) in [5, 5.41) is 21.9. The molecule has 9 nitrogen and oxygen atoms in total. The fourth-order valence-corrected chi connectivity index (χ4v) is 3.18. The van der Waals surface area contributed by atoms with Crippen LogP contribution in [0.25, 0.3) is 17.0 Å². The summed E-state index contributed by atoms with van der Waals surface area (Å²) in [5.41, 5.74) is 3.65. The molecule has 9 heteroatoms. The Hall–Kier alpha value is -4.27. The van der Waals surface area contributed by atoms with E-state index in [1.54, 1.807) is 10.7 Å². The zero-order chi connectivity index (χ0) is 20.3. The molecule has 0 fully saturated rings. The molecule has 0 aliphatic rings. The van der Waals surface area contributed by atoms with Crippen molar-refractivity contribution in [3.63, 3.8) is 0 Å². The quantitative estimate of drug-likeness (QED) is 0.450. The van der Waals surface area contributed by atoms with Crippen molar-refractivity contribution in [2.45, 2.75) is 13.5 Å². The van der Waals surface area contributed by atoms with E-state index in [0.717, 1.165) is 34.0 Å². The van der Waals surface area contributed by atoms with Gasteiger partial charge in [0.2, 0.25) is 5.82 Å². The summed E-state index contributed by atoms with van der Waals surface area (Å²) in [4.78, 5) is 4.46. The second-order valence-corrected chi connectivity index (χ2v) is 6.72. The standard InChI is InChI=1S/C21H18N8O/c1-14-12-20(29-19(24-14)10-11-23-29)22-13-15-6-8-16(9-7-15)30-18-5-3-2-4-17(18)21-25-27-28-26-21/h2-12,22H,13H2,1H3,(H,25,26,27,28). The minimum atomic E-state index is 0.490. The number of hydrogen-bond donors (Lipinski definition) is 2. The monoisotopic (exact) mass is 398 g/mol. The van der Waals surface area contributed by atoms with Crippen LogP contribution in [-0.4, -0.2) is 35.2 Å². The van der Waals surface area contributed by atoms with Crippen molar-refractivity contribution < 1.29 is 4.74 Å². The minimum Gasteiger partial charge on any atom is -0.457 e. The summed E-state index contributed by atoms with van der Waals surface area (Å²) < 4.78 is 7.84. The van der Waals surface area contributed by atoms with Crippen LogP contribution >= 0.6 is 0 Å². The van der Waals surface area contributed by atoms with E-state index in [-0.39, 0.29) is 0 Å². The summed E-state index contributed by atoms with van der Waals surface area (Å²) in [7, 11) is 0. The number of H-pyrrole nitrogens is 1. The molecule has 0 bridgehead atoms. The summed E-state index contributed by atoms with van der Waals surface area (Å²) in [6, 6.07) is 19.4. The molecule has 0 radical (unpaired) electrons. The molecule has 148 valence electrons. The van der Waals surface area contributed by atoms with Crippen molar-refractivity contribution in [1.82, 2.24) is 35.2 Å². The summed E-state index contributed by atoms with van der Waals surface area (Å²) in [5.74, 6) is 2.78. The predicted molar refractivity (Wildman–Crippen MR) is 111 cm³/mol. The first-order valence-electron chi connectivity index (χ1n) is 9.41. The summed E-state index contributed by atoms with van der Waals surface area (Å²) in [6.07, 6.45) is 1.74. The fraction of sp³-hybridized carbons (Fsp3) is 0.0952. The number of tetrazole rings is 1. The Morgan fingerprint density at radius 1 is 1.07 bits per heavy atom. The lowest BCUT2D eigenvalue weighted by molar-refractivity contribution is 0.484. The lowest BCUT2D eigenvalue weighted by Crippen LogP contribution is -2.06. The zero-order valence-electron chi connectivity index (χ0n) is 16.1. The van der Waals surface area contributed by atoms with Crippen LogP contribution in [0.2, 0.25) is 0 Å². The highest BCUT2D eigenvalue weighted by Gasteiger charge is 2.11. The number of fused-ring (bicyclic) bond motifs is 1. The third-order valence-corrected chi connectivity index (χ3v) is 4.59. The van der Waals surface area contributed by atoms with Gasteiger partial charge in [0.25, 0.3) is 0 Å². The second kappa shape index (κ2) is 7.63. The Kier molecular flexibility index (Phi) is 4.53. The third kappa shape index (κ3) is 3.55. The van der Waals surface area contributed by atoms with E-state index in [0.29, 0.717) is 18.1 Å². The van der Waals surface area contributed by atoms with Gasteiger partial charge in [-0.15, -0.1) is 10.2 Å². The van der Waals surface area contributed by atoms with Crippen LogP contribution in [0.15, 0.2) is 66.9 Å². The number of rotatable bonds is 6. The van der Waals surface area contributed by atoms with Gasteiger partial charge in [-0.3, -0.25) is 0 Å². The zero-order valence-corrected chi connectivity index (χ0v) is 16.1. The largest absolute Gasteiger partial charge is 0.457 e. The number of hydrogen-bond acceptors (Lipinski definition) is 7. The number of benzene rings is 2. The molecule has 5 rings (SSSR count). The number of aromatic nitrogens is 7. The van der Waals surface area contributed by atoms with E-state index in [1.807, 2.05) is 67.6 Å². The molecular formula is C21H18N8O. The first-order chi connectivity index (χ1) is 14.8. The highest BCUT2D eigenvalue weighted by Crippen LogP contribution is 2.31. The minimum absolute atomic E-state index is 0.490. The van der Waals surface area contributed by atoms with Crippen LogP contribution in [0.4, 0.5) is 5.82 Å². The molecule has 5 aromatic rings. The molecule has 30 heavy (non-hydrogen) atoms. The van der Waals surface area contributed by atoms with Gasteiger partial charge in [-0.25, -0.2) is 4.98 Å². The predicted octanol–water partition coefficient (Wildman–Crippen LogP) is 3.62. The number of aryl methyl sites for hydroxylation is 1. The van der Waals surface area contributed by atoms with E-state index >= 15 is 0 Å². The number of ether oxygens (including phenoxy) is 1. The topological polar surface area (TPSA) is 106 Å². The molecule has 2 aromatic carbocycles. The molecule has 0 saturated carbocycles. The van der Waals surface area contributed by atoms with Crippen LogP contribution in [-0.2, 0) is 6.54 Å². The van der Waals surface area contributed by atoms with E-state index in [9.17, 15) is 0 Å². The Labute approximate surface area is 171 Å². The third-order valence-electron chi connectivity index (χ3n) is 4.59. The Balaban J connectivity index is 1.30. The van der Waals surface area contributed by atoms with Crippen LogP contribution in [0.5, 0.6) is 11.5 Å². The van der Waals surface area contributed by atoms with Crippen molar-refractivity contribution in [3.05, 3.63) is 78.1 Å². The number of aromatic amines is 1. The van der Waals surface area contributed by atoms with E-state index < -0.39 is 0 Å². The van der Waals surface area contributed by atoms with Crippen molar-refractivity contribution in [2.75, 3.05) is 5.32 Å². The summed E-state index contributed by atoms with van der Waals surface area (Å²) in [6.45, 7) is 2.62. The maximum Gasteiger partial charge on any atom is 0.208 e. The Morgan fingerprint density at radius 3 is 2.77 bits per heavy atom. The van der Waals surface area contributed by atoms with Gasteiger partial charge in [-0.1, -0.05) is 24.3 Å². The highest BCUT2D eigenvalue weighted by atomic mass is 16.5. The smallest absolute Gasteiger partial charge is 0.208 e. The average Bonchev–Trinajstić information content (AvgIpc) is 3.45. The van der Waals surface area contributed by atoms with E-state index in [4.69, 9.17) is 4.74 Å². The van der Waals surface area contributed by atoms with E-state index in [2.05, 4.69) is 36.0 Å². The maximum absolute atomic E-state index is 6.05. The lowest BCUT2D eigenvalue weighted by atomic mass is 10.2. The van der Waals surface area contributed by atoms with Gasteiger partial charge in [0.05, 0.1) is 11.8 Å². The van der Waals surface area contributed by atoms with Gasteiger partial charge in [-0.2, -0.15) is 14.8 Å². The molecule has 0 aliphatic heterocycles. The van der Waals surface area contributed by atoms with Gasteiger partial charge >= 0.3 is 0 Å². The van der Waals surface area contributed by atoms with Crippen LogP contribution in [0.3, 0.4) is 0 Å². The van der Waals surface area contributed by atoms with Gasteiger partial charge < -0.3 is 10.1 Å². The van der Waals surface area contributed by atoms with E-state index in [1.165, 1.54) is 0 Å². The Bertz CT molecular complexity index is 1280. The number of para-hydroxylation sites is 1. The molecule has 0 amide bonds. The number of nitrogens with one attached hydrogen (secondary N) is 2. The molecule has 0 unspecified atom stereocenters. The Morgan fingerprint density at radius 2 is 1.93 bits per heavy atom. The maximum atomic E-state index is 6.05. The summed E-state index contributed by atoms with van der Waals surface area (Å²) >= 11 is 0. The molecule has 0 spiro atoms. The molecule has 2 N–H and O–H groups in total. The van der Waals surface area contributed by atoms with Crippen molar-refractivity contribution in [2.24, 2.45) is 0 Å². The van der Waals surface area contributed by atoms with Gasteiger partial charge in [0, 0.05) is 24.4 Å². The van der Waals surface area contributed by atoms with Gasteiger partial charge in [-0.05, 0) is 42.0 Å². The molecular weight excluding hydrogens is 380 g/mol. The highest BCUT2D eigenvalue weighted by molar-refractivity contribution is 5.64. The van der Waals surface area contributed by atoms with Gasteiger partial charge in [0.1, 0.15) is 17.3 Å². The molecule has 0 atom stereocenters. The lowest BCUT2D eigenvalue weighted by Gasteiger charge is -2.11. The number of anilines is 1. The second-order valence-electron chi connectivity index (χ2n) is 6.72. The average molecular weight is 398 g/mol. The SMILES string of the molecule is Cc1cc(NCc2ccc(Oc3ccccc3-c3nn[nH]n3)cc2)n2nccc2n1. The molecule has 3 heterocycles. The fourth-order valence-electron chi connectivity index (χ4n) is 3.18. The van der Waals surface area contributed by atoms with Crippen LogP contribution in [0.1, 0.15) is 11.3 Å². The normalized spacial score (nSPS) is 11.0. The van der Waals surface area contributed by atoms with Crippen molar-refractivity contribution >= 4 is 11.5 Å². The van der Waals surface area contributed by atoms with Crippen molar-refractivity contribution in [3.8, 4) is 22.9 Å². The molecule has 0 saturated heterocycles. The first-order valence-corrected chi connectivity index (χ1v) is 9.41. The molecule has 3 aromatic heterocycles. The first kappa shape index (κ1) is 17.8.